The summed E-state index contributed by atoms with van der Waals surface area (Å²) in [6.45, 7) is 19.8. The van der Waals surface area contributed by atoms with Crippen molar-refractivity contribution in [2.45, 2.75) is 137 Å². The molecule has 0 unspecified atom stereocenters. The van der Waals surface area contributed by atoms with Gasteiger partial charge in [-0.2, -0.15) is 0 Å². The quantitative estimate of drug-likeness (QED) is 0.0766. The Morgan fingerprint density at radius 3 is 1.66 bits per heavy atom. The summed E-state index contributed by atoms with van der Waals surface area (Å²) in [6.07, 6.45) is 0.831. The van der Waals surface area contributed by atoms with E-state index in [2.05, 4.69) is 55.7 Å². The lowest BCUT2D eigenvalue weighted by Crippen LogP contribution is -2.68. The van der Waals surface area contributed by atoms with Crippen molar-refractivity contribution in [3.05, 3.63) is 96.6 Å². The number of epoxide rings is 1. The smallest absolute Gasteiger partial charge is 0.261 e. The summed E-state index contributed by atoms with van der Waals surface area (Å²) in [5.41, 5.74) is 0.0996. The second-order valence-electron chi connectivity index (χ2n) is 18.7. The molecule has 9 nitrogen and oxygen atoms in total. The molecule has 1 aliphatic rings. The fourth-order valence-corrected chi connectivity index (χ4v) is 12.9. The van der Waals surface area contributed by atoms with Gasteiger partial charge in [-0.15, -0.1) is 0 Å². The lowest BCUT2D eigenvalue weighted by atomic mass is 9.88. The van der Waals surface area contributed by atoms with E-state index in [0.29, 0.717) is 25.7 Å². The van der Waals surface area contributed by atoms with Crippen molar-refractivity contribution < 1.29 is 33.1 Å². The highest BCUT2D eigenvalue weighted by molar-refractivity contribution is 6.99. The van der Waals surface area contributed by atoms with Crippen LogP contribution in [0, 0.1) is 23.7 Å². The zero-order chi connectivity index (χ0) is 43.5. The van der Waals surface area contributed by atoms with E-state index in [1.165, 1.54) is 6.92 Å². The van der Waals surface area contributed by atoms with Crippen LogP contribution in [0.15, 0.2) is 91.0 Å². The molecule has 6 atom stereocenters. The fourth-order valence-electron chi connectivity index (χ4n) is 8.17. The molecule has 2 amide bonds. The van der Waals surface area contributed by atoms with Gasteiger partial charge in [0.25, 0.3) is 8.32 Å². The Kier molecular flexibility index (Phi) is 16.7. The van der Waals surface area contributed by atoms with Crippen LogP contribution in [0.4, 0.5) is 0 Å². The van der Waals surface area contributed by atoms with E-state index in [0.717, 1.165) is 15.9 Å². The SMILES string of the molecule is CC(=O)C[C@@H](CCc1ccccc1)C(=O)N[C@@H](CC(C)C)C(=O)C[C@H](C(=O)N[C@@H](CC(C)C)C(=O)[C@@]1(C)CO1)[C@@H](C)O[Si](c1ccccc1)(c1ccccc1)C(C)(C)C. The normalized spacial score (nSPS) is 18.0. The molecule has 2 N–H and O–H groups in total. The highest BCUT2D eigenvalue weighted by atomic mass is 28.4. The summed E-state index contributed by atoms with van der Waals surface area (Å²) in [5.74, 6) is -2.93. The molecule has 0 aliphatic carbocycles. The molecule has 1 saturated heterocycles. The van der Waals surface area contributed by atoms with Crippen LogP contribution < -0.4 is 21.0 Å². The Morgan fingerprint density at radius 1 is 0.729 bits per heavy atom. The topological polar surface area (TPSA) is 131 Å². The number of carbonyl (C=O) groups is 5. The average Bonchev–Trinajstić information content (AvgIpc) is 3.94. The Hall–Kier alpha value is -4.25. The van der Waals surface area contributed by atoms with Crippen molar-refractivity contribution in [1.29, 1.82) is 0 Å². The maximum absolute atomic E-state index is 14.8. The molecule has 3 aromatic carbocycles. The van der Waals surface area contributed by atoms with Crippen LogP contribution in [0.1, 0.15) is 107 Å². The minimum Gasteiger partial charge on any atom is -0.404 e. The first kappa shape index (κ1) is 47.4. The average molecular weight is 825 g/mol. The Labute approximate surface area is 353 Å². The summed E-state index contributed by atoms with van der Waals surface area (Å²) in [5, 5.41) is 7.74. The largest absolute Gasteiger partial charge is 0.404 e. The van der Waals surface area contributed by atoms with E-state index in [-0.39, 0.29) is 54.5 Å². The number of benzene rings is 3. The maximum atomic E-state index is 14.8. The van der Waals surface area contributed by atoms with Gasteiger partial charge in [0, 0.05) is 18.8 Å². The van der Waals surface area contributed by atoms with E-state index < -0.39 is 54.9 Å². The van der Waals surface area contributed by atoms with Gasteiger partial charge in [0.15, 0.2) is 11.6 Å². The molecule has 10 heteroatoms. The zero-order valence-corrected chi connectivity index (χ0v) is 38.0. The lowest BCUT2D eigenvalue weighted by Gasteiger charge is -2.45. The molecule has 0 spiro atoms. The van der Waals surface area contributed by atoms with Crippen molar-refractivity contribution in [3.8, 4) is 0 Å². The zero-order valence-electron chi connectivity index (χ0n) is 37.0. The first-order chi connectivity index (χ1) is 27.8. The lowest BCUT2D eigenvalue weighted by molar-refractivity contribution is -0.137. The van der Waals surface area contributed by atoms with E-state index in [1.54, 1.807) is 6.92 Å². The van der Waals surface area contributed by atoms with Crippen molar-refractivity contribution in [3.63, 3.8) is 0 Å². The second-order valence-corrected chi connectivity index (χ2v) is 22.9. The summed E-state index contributed by atoms with van der Waals surface area (Å²) < 4.78 is 13.0. The summed E-state index contributed by atoms with van der Waals surface area (Å²) in [4.78, 5) is 69.8. The predicted octanol–water partition coefficient (Wildman–Crippen LogP) is 7.17. The van der Waals surface area contributed by atoms with E-state index in [1.807, 2.05) is 101 Å². The number of hydrogen-bond donors (Lipinski definition) is 2. The molecule has 1 aliphatic heterocycles. The molecular weight excluding hydrogens is 757 g/mol. The van der Waals surface area contributed by atoms with Gasteiger partial charge in [0.05, 0.1) is 30.7 Å². The number of rotatable bonds is 23. The van der Waals surface area contributed by atoms with E-state index in [4.69, 9.17) is 9.16 Å². The number of aryl methyl sites for hydroxylation is 1. The van der Waals surface area contributed by atoms with Gasteiger partial charge in [-0.3, -0.25) is 19.2 Å². The number of ether oxygens (including phenoxy) is 1. The number of hydrogen-bond acceptors (Lipinski definition) is 7. The summed E-state index contributed by atoms with van der Waals surface area (Å²) in [6, 6.07) is 28.3. The number of carbonyl (C=O) groups excluding carboxylic acids is 5. The first-order valence-corrected chi connectivity index (χ1v) is 23.3. The van der Waals surface area contributed by atoms with Crippen molar-refractivity contribution in [1.82, 2.24) is 10.6 Å². The van der Waals surface area contributed by atoms with Gasteiger partial charge in [0.2, 0.25) is 11.8 Å². The predicted molar refractivity (Wildman–Crippen MR) is 237 cm³/mol. The molecular formula is C49H68N2O7Si. The molecule has 0 saturated carbocycles. The van der Waals surface area contributed by atoms with Gasteiger partial charge in [-0.1, -0.05) is 139 Å². The molecule has 0 bridgehead atoms. The highest BCUT2D eigenvalue weighted by Gasteiger charge is 2.53. The van der Waals surface area contributed by atoms with Gasteiger partial charge < -0.3 is 24.6 Å². The Balaban J connectivity index is 1.74. The van der Waals surface area contributed by atoms with Crippen molar-refractivity contribution in [2.24, 2.45) is 23.7 Å². The third-order valence-corrected chi connectivity index (χ3v) is 16.6. The molecule has 59 heavy (non-hydrogen) atoms. The molecule has 320 valence electrons. The van der Waals surface area contributed by atoms with Gasteiger partial charge in [-0.05, 0) is 79.3 Å². The molecule has 0 radical (unpaired) electrons. The van der Waals surface area contributed by atoms with Crippen LogP contribution in [0.3, 0.4) is 0 Å². The summed E-state index contributed by atoms with van der Waals surface area (Å²) >= 11 is 0. The number of Topliss-reactive ketones (excluding diaryl/α,β-unsaturated/α-hetero) is 3. The van der Waals surface area contributed by atoms with Gasteiger partial charge >= 0.3 is 0 Å². The van der Waals surface area contributed by atoms with Crippen molar-refractivity contribution >= 4 is 47.9 Å². The van der Waals surface area contributed by atoms with Gasteiger partial charge in [-0.25, -0.2) is 0 Å². The number of amides is 2. The number of ketones is 3. The molecule has 4 rings (SSSR count). The van der Waals surface area contributed by atoms with E-state index in [9.17, 15) is 24.0 Å². The van der Waals surface area contributed by atoms with E-state index >= 15 is 0 Å². The Morgan fingerprint density at radius 2 is 1.20 bits per heavy atom. The van der Waals surface area contributed by atoms with Crippen molar-refractivity contribution in [2.75, 3.05) is 6.61 Å². The Bertz CT molecular complexity index is 1820. The second kappa shape index (κ2) is 20.8. The summed E-state index contributed by atoms with van der Waals surface area (Å²) in [7, 11) is -3.21. The highest BCUT2D eigenvalue weighted by Crippen LogP contribution is 2.39. The van der Waals surface area contributed by atoms with Crippen LogP contribution in [0.2, 0.25) is 5.04 Å². The monoisotopic (exact) mass is 824 g/mol. The number of nitrogens with one attached hydrogen (secondary N) is 2. The minimum atomic E-state index is -3.21. The molecule has 0 aromatic heterocycles. The van der Waals surface area contributed by atoms with Crippen LogP contribution >= 0.6 is 0 Å². The fraction of sp³-hybridized carbons (Fsp3) is 0.531. The molecule has 1 fully saturated rings. The van der Waals surface area contributed by atoms with Crippen LogP contribution in [-0.2, 0) is 39.6 Å². The molecule has 1 heterocycles. The maximum Gasteiger partial charge on any atom is 0.261 e. The molecule has 3 aromatic rings. The third-order valence-electron chi connectivity index (χ3n) is 11.5. The van der Waals surface area contributed by atoms with Crippen LogP contribution in [-0.4, -0.2) is 67.9 Å². The first-order valence-electron chi connectivity index (χ1n) is 21.4. The minimum absolute atomic E-state index is 0.0326. The standard InChI is InChI=1S/C49H68N2O7Si/c1-33(2)28-42(50-46(55)38(30-35(5)52)27-26-37-20-14-11-15-21-37)44(53)31-41(47(56)51-43(29-34(3)4)45(54)49(10)32-57-49)36(6)58-59(48(7,8)9,39-22-16-12-17-23-39)40-24-18-13-19-25-40/h11-25,33-34,36,38,41-43H,26-32H2,1-10H3,(H,50,55)(H,51,56)/t36-,38-,41+,42+,43+,49-/m1/s1. The van der Waals surface area contributed by atoms with Gasteiger partial charge in [0.1, 0.15) is 11.4 Å². The van der Waals surface area contributed by atoms with Crippen LogP contribution in [0.5, 0.6) is 0 Å². The third kappa shape index (κ3) is 12.9. The van der Waals surface area contributed by atoms with Crippen LogP contribution in [0.25, 0.3) is 0 Å².